The van der Waals surface area contributed by atoms with Crippen molar-refractivity contribution in [2.45, 2.75) is 75.5 Å². The quantitative estimate of drug-likeness (QED) is 0.168. The summed E-state index contributed by atoms with van der Waals surface area (Å²) in [6, 6.07) is 0. The molecule has 4 aliphatic rings. The molecule has 0 bridgehead atoms. The van der Waals surface area contributed by atoms with Crippen molar-refractivity contribution in [2.75, 3.05) is 6.61 Å². The molecule has 0 aromatic heterocycles. The van der Waals surface area contributed by atoms with Gasteiger partial charge in [-0.3, -0.25) is 9.59 Å². The van der Waals surface area contributed by atoms with Gasteiger partial charge in [-0.15, -0.1) is 0 Å². The second-order valence-electron chi connectivity index (χ2n) is 11.2. The molecule has 0 radical (unpaired) electrons. The summed E-state index contributed by atoms with van der Waals surface area (Å²) in [6.45, 7) is 2.99. The number of phosphoric acid groups is 1. The molecule has 17 heteroatoms. The van der Waals surface area contributed by atoms with Crippen molar-refractivity contribution in [3.63, 3.8) is 0 Å². The van der Waals surface area contributed by atoms with Crippen molar-refractivity contribution in [1.29, 1.82) is 0 Å². The largest absolute Gasteiger partial charge is 1.00 e. The molecule has 1 unspecified atom stereocenters. The summed E-state index contributed by atoms with van der Waals surface area (Å²) in [6.07, 6.45) is -1.84. The van der Waals surface area contributed by atoms with Crippen LogP contribution in [-0.4, -0.2) is 64.0 Å². The van der Waals surface area contributed by atoms with Gasteiger partial charge < -0.3 is 33.6 Å². The number of hydrogen-bond donors (Lipinski definition) is 2. The first-order valence-electron chi connectivity index (χ1n) is 11.7. The maximum absolute atomic E-state index is 17.4. The number of rotatable bonds is 5. The van der Waals surface area contributed by atoms with E-state index >= 15 is 4.39 Å². The van der Waals surface area contributed by atoms with Gasteiger partial charge in [0.05, 0.1) is 29.3 Å². The minimum Gasteiger partial charge on any atom is -0.790 e. The SMILES string of the molecule is C[C@@H]1C[C@H]2[C@@H]3CCC4=CC(=O)CC(S(=O)(=O)[O-])[C@]4(C)[C@@]3(F)[C@@H](O)C[C@]2(C)[C@@]1(O)C(=O)COP(=O)([O-])[O-].[Na+].[Na+].[Na+]. The summed E-state index contributed by atoms with van der Waals surface area (Å²) in [4.78, 5) is 47.1. The predicted molar refractivity (Wildman–Crippen MR) is 115 cm³/mol. The average Bonchev–Trinajstić information content (AvgIpc) is 2.93. The van der Waals surface area contributed by atoms with Crippen LogP contribution in [0.15, 0.2) is 11.6 Å². The maximum atomic E-state index is 17.4. The van der Waals surface area contributed by atoms with Crippen molar-refractivity contribution in [3.8, 4) is 0 Å². The van der Waals surface area contributed by atoms with Gasteiger partial charge in [0.15, 0.2) is 11.6 Å². The molecule has 0 aromatic rings. The fourth-order valence-electron chi connectivity index (χ4n) is 8.17. The van der Waals surface area contributed by atoms with Gasteiger partial charge in [-0.1, -0.05) is 26.3 Å². The van der Waals surface area contributed by atoms with Crippen LogP contribution in [0.3, 0.4) is 0 Å². The molecule has 11 nitrogen and oxygen atoms in total. The number of aliphatic hydroxyl groups is 2. The van der Waals surface area contributed by atoms with Crippen LogP contribution in [0.2, 0.25) is 0 Å². The molecule has 39 heavy (non-hydrogen) atoms. The van der Waals surface area contributed by atoms with E-state index in [0.29, 0.717) is 0 Å². The molecule has 204 valence electrons. The van der Waals surface area contributed by atoms with E-state index in [2.05, 4.69) is 4.52 Å². The summed E-state index contributed by atoms with van der Waals surface area (Å²) < 4.78 is 69.2. The number of aliphatic hydroxyl groups excluding tert-OH is 1. The zero-order valence-electron chi connectivity index (χ0n) is 23.0. The topological polar surface area (TPSA) is 204 Å². The van der Waals surface area contributed by atoms with Gasteiger partial charge in [-0.2, -0.15) is 0 Å². The molecule has 9 atom stereocenters. The Kier molecular flexibility index (Phi) is 12.4. The van der Waals surface area contributed by atoms with Crippen LogP contribution in [0.25, 0.3) is 0 Å². The van der Waals surface area contributed by atoms with E-state index < -0.39 is 100 Å². The van der Waals surface area contributed by atoms with Gasteiger partial charge in [0.2, 0.25) is 0 Å². The molecule has 0 amide bonds. The Labute approximate surface area is 293 Å². The normalized spacial score (nSPS) is 43.4. The standard InChI is InChI=1S/C22H32FO11PS.3Na/c1-11-6-15-14-5-4-12-7-13(24)8-18(36(31,32)33)20(12,3)21(14,23)16(25)9-19(15,2)22(11,27)17(26)10-34-35(28,29)30;;;/h7,11,14-16,18,25,27H,4-6,8-10H2,1-3H3,(H2,28,29,30)(H,31,32,33);;;/q;3*+1/p-3/t11-,14+,15+,16+,18?,19+,20-,21+,22+;;;/m1.../s1. The Morgan fingerprint density at radius 2 is 1.79 bits per heavy atom. The molecule has 0 aliphatic heterocycles. The summed E-state index contributed by atoms with van der Waals surface area (Å²) >= 11 is 0. The maximum Gasteiger partial charge on any atom is 1.00 e. The van der Waals surface area contributed by atoms with E-state index in [1.165, 1.54) is 20.8 Å². The van der Waals surface area contributed by atoms with Crippen molar-refractivity contribution in [1.82, 2.24) is 0 Å². The second-order valence-corrected chi connectivity index (χ2v) is 13.9. The molecule has 3 saturated carbocycles. The molecular weight excluding hydrogens is 591 g/mol. The van der Waals surface area contributed by atoms with Crippen LogP contribution < -0.4 is 98.5 Å². The Hall–Kier alpha value is 1.95. The number of carbonyl (C=O) groups is 2. The second kappa shape index (κ2) is 12.4. The van der Waals surface area contributed by atoms with Crippen LogP contribution in [-0.2, 0) is 28.8 Å². The van der Waals surface area contributed by atoms with Gasteiger partial charge in [-0.05, 0) is 43.6 Å². The van der Waals surface area contributed by atoms with E-state index in [1.807, 2.05) is 0 Å². The molecule has 0 saturated heterocycles. The van der Waals surface area contributed by atoms with Crippen LogP contribution in [0.1, 0.15) is 52.9 Å². The number of alkyl halides is 1. The number of allylic oxidation sites excluding steroid dienone is 1. The molecular formula is C22H29FNa3O11PS. The molecule has 0 aromatic carbocycles. The van der Waals surface area contributed by atoms with Gasteiger partial charge in [0.25, 0.3) is 0 Å². The van der Waals surface area contributed by atoms with Crippen molar-refractivity contribution >= 4 is 29.5 Å². The van der Waals surface area contributed by atoms with Crippen LogP contribution >= 0.6 is 7.82 Å². The van der Waals surface area contributed by atoms with Crippen LogP contribution in [0.4, 0.5) is 4.39 Å². The fraction of sp³-hybridized carbons (Fsp3) is 0.818. The first-order chi connectivity index (χ1) is 16.2. The molecule has 4 rings (SSSR count). The number of Topliss-reactive ketones (excluding diaryl/α,β-unsaturated/α-hetero) is 1. The Bertz CT molecular complexity index is 1200. The smallest absolute Gasteiger partial charge is 0.790 e. The Balaban J connectivity index is 0.00000253. The summed E-state index contributed by atoms with van der Waals surface area (Å²) in [7, 11) is -10.7. The summed E-state index contributed by atoms with van der Waals surface area (Å²) in [5.41, 5.74) is -8.32. The zero-order valence-corrected chi connectivity index (χ0v) is 30.7. The first-order valence-corrected chi connectivity index (χ1v) is 14.7. The number of phosphoric ester groups is 1. The monoisotopic (exact) mass is 620 g/mol. The third kappa shape index (κ3) is 5.76. The van der Waals surface area contributed by atoms with Gasteiger partial charge >= 0.3 is 88.7 Å². The molecule has 0 spiro atoms. The van der Waals surface area contributed by atoms with Crippen molar-refractivity contribution in [2.24, 2.45) is 28.6 Å². The Morgan fingerprint density at radius 3 is 2.31 bits per heavy atom. The number of ketones is 2. The van der Waals surface area contributed by atoms with Crippen LogP contribution in [0, 0.1) is 28.6 Å². The third-order valence-corrected chi connectivity index (χ3v) is 11.6. The first kappa shape index (κ1) is 39.0. The predicted octanol–water partition coefficient (Wildman–Crippen LogP) is -9.49. The van der Waals surface area contributed by atoms with E-state index in [0.717, 1.165) is 6.08 Å². The van der Waals surface area contributed by atoms with Gasteiger partial charge in [-0.25, -0.2) is 12.8 Å². The van der Waals surface area contributed by atoms with E-state index in [4.69, 9.17) is 0 Å². The van der Waals surface area contributed by atoms with Crippen molar-refractivity contribution in [3.05, 3.63) is 11.6 Å². The van der Waals surface area contributed by atoms with Crippen LogP contribution in [0.5, 0.6) is 0 Å². The molecule has 4 aliphatic carbocycles. The minimum atomic E-state index is -5.53. The number of halogens is 1. The van der Waals surface area contributed by atoms with Crippen molar-refractivity contribution < 1.29 is 145 Å². The van der Waals surface area contributed by atoms with E-state index in [1.54, 1.807) is 0 Å². The van der Waals surface area contributed by atoms with Gasteiger partial charge in [0, 0.05) is 23.2 Å². The van der Waals surface area contributed by atoms with E-state index in [9.17, 15) is 47.1 Å². The summed E-state index contributed by atoms with van der Waals surface area (Å²) in [5.74, 6) is -4.45. The molecule has 0 heterocycles. The number of hydrogen-bond acceptors (Lipinski definition) is 11. The third-order valence-electron chi connectivity index (χ3n) is 9.82. The fourth-order valence-corrected chi connectivity index (χ4v) is 9.72. The molecule has 3 fully saturated rings. The number of fused-ring (bicyclic) bond motifs is 5. The Morgan fingerprint density at radius 1 is 1.23 bits per heavy atom. The van der Waals surface area contributed by atoms with Gasteiger partial charge in [0.1, 0.15) is 17.9 Å². The number of carbonyl (C=O) groups excluding carboxylic acids is 2. The average molecular weight is 620 g/mol. The summed E-state index contributed by atoms with van der Waals surface area (Å²) in [5, 5.41) is 21.0. The molecule has 2 N–H and O–H groups in total. The zero-order chi connectivity index (χ0) is 27.3. The van der Waals surface area contributed by atoms with E-state index in [-0.39, 0.29) is 114 Å². The minimum absolute atomic E-state index is 0.